The van der Waals surface area contributed by atoms with Crippen LogP contribution in [-0.4, -0.2) is 61.0 Å². The van der Waals surface area contributed by atoms with E-state index in [0.29, 0.717) is 11.0 Å². The molecule has 0 unspecified atom stereocenters. The quantitative estimate of drug-likeness (QED) is 0.472. The molecule has 1 fully saturated rings. The monoisotopic (exact) mass is 446 g/mol. The van der Waals surface area contributed by atoms with Gasteiger partial charge in [0.2, 0.25) is 0 Å². The van der Waals surface area contributed by atoms with Crippen LogP contribution in [0.2, 0.25) is 0 Å². The molecule has 7 nitrogen and oxygen atoms in total. The van der Waals surface area contributed by atoms with Gasteiger partial charge in [-0.05, 0) is 48.7 Å². The molecule has 0 aliphatic carbocycles. The average Bonchev–Trinajstić information content (AvgIpc) is 3.40. The Morgan fingerprint density at radius 2 is 1.85 bits per heavy atom. The van der Waals surface area contributed by atoms with Crippen LogP contribution in [0.25, 0.3) is 22.7 Å². The first-order valence-corrected chi connectivity index (χ1v) is 11.3. The summed E-state index contributed by atoms with van der Waals surface area (Å²) in [5.74, 6) is 1.11. The van der Waals surface area contributed by atoms with Crippen molar-refractivity contribution in [2.75, 3.05) is 38.1 Å². The molecule has 0 amide bonds. The Morgan fingerprint density at radius 3 is 2.65 bits per heavy atom. The molecular weight excluding hydrogens is 423 g/mol. The summed E-state index contributed by atoms with van der Waals surface area (Å²) in [6, 6.07) is 15.7. The molecular formula is C26H23BN6O. The van der Waals surface area contributed by atoms with Gasteiger partial charge in [0.05, 0.1) is 5.69 Å². The third-order valence-corrected chi connectivity index (χ3v) is 6.54. The first-order chi connectivity index (χ1) is 16.5. The fraction of sp³-hybridized carbons (Fsp3) is 0.192. The lowest BCUT2D eigenvalue weighted by atomic mass is 9.94. The normalized spacial score (nSPS) is 16.6. The molecule has 8 heteroatoms. The van der Waals surface area contributed by atoms with E-state index in [-0.39, 0.29) is 5.88 Å². The SMILES string of the molecule is [B]c1ccc2[nH]c(O)c(C=c3ccc4c(c3)N=NC=4c3ccc(N4CCN(C)CC4)nc3)c2c1. The molecule has 4 heterocycles. The van der Waals surface area contributed by atoms with Crippen molar-refractivity contribution < 1.29 is 5.11 Å². The number of piperazine rings is 1. The van der Waals surface area contributed by atoms with Crippen LogP contribution >= 0.6 is 0 Å². The Balaban J connectivity index is 1.34. The molecule has 2 aliphatic rings. The highest BCUT2D eigenvalue weighted by atomic mass is 16.3. The third-order valence-electron chi connectivity index (χ3n) is 6.54. The van der Waals surface area contributed by atoms with Gasteiger partial charge >= 0.3 is 0 Å². The number of aromatic hydroxyl groups is 1. The van der Waals surface area contributed by atoms with Gasteiger partial charge in [-0.3, -0.25) is 0 Å². The summed E-state index contributed by atoms with van der Waals surface area (Å²) in [4.78, 5) is 12.3. The number of azo groups is 1. The van der Waals surface area contributed by atoms with E-state index in [4.69, 9.17) is 12.8 Å². The first-order valence-electron chi connectivity index (χ1n) is 11.3. The Morgan fingerprint density at radius 1 is 1.00 bits per heavy atom. The van der Waals surface area contributed by atoms with Gasteiger partial charge in [-0.1, -0.05) is 23.7 Å². The van der Waals surface area contributed by atoms with Gasteiger partial charge in [-0.2, -0.15) is 0 Å². The molecule has 2 aromatic carbocycles. The van der Waals surface area contributed by atoms with Crippen molar-refractivity contribution in [3.63, 3.8) is 0 Å². The maximum atomic E-state index is 10.4. The van der Waals surface area contributed by atoms with E-state index in [1.165, 1.54) is 0 Å². The molecule has 0 bridgehead atoms. The number of hydrogen-bond acceptors (Lipinski definition) is 6. The molecule has 2 radical (unpaired) electrons. The zero-order valence-corrected chi connectivity index (χ0v) is 18.9. The van der Waals surface area contributed by atoms with E-state index in [1.807, 2.05) is 48.7 Å². The highest BCUT2D eigenvalue weighted by Gasteiger charge is 2.17. The topological polar surface area (TPSA) is 80.1 Å². The van der Waals surface area contributed by atoms with E-state index in [9.17, 15) is 5.11 Å². The van der Waals surface area contributed by atoms with Crippen LogP contribution in [0.4, 0.5) is 11.5 Å². The fourth-order valence-corrected chi connectivity index (χ4v) is 4.57. The van der Waals surface area contributed by atoms with Crippen molar-refractivity contribution in [2.45, 2.75) is 0 Å². The van der Waals surface area contributed by atoms with E-state index < -0.39 is 0 Å². The number of hydrogen-bond donors (Lipinski definition) is 2. The van der Waals surface area contributed by atoms with Crippen molar-refractivity contribution in [1.29, 1.82) is 0 Å². The number of aromatic amines is 1. The van der Waals surface area contributed by atoms with E-state index in [0.717, 1.165) is 70.3 Å². The molecule has 166 valence electrons. The number of H-pyrrole nitrogens is 1. The second kappa shape index (κ2) is 8.15. The first kappa shape index (κ1) is 20.7. The zero-order valence-electron chi connectivity index (χ0n) is 18.9. The number of pyridine rings is 1. The van der Waals surface area contributed by atoms with Gasteiger partial charge in [-0.15, -0.1) is 10.2 Å². The number of likely N-dealkylation sites (N-methyl/N-ethyl adjacent to an activating group) is 1. The highest BCUT2D eigenvalue weighted by Crippen LogP contribution is 2.27. The molecule has 4 aromatic rings. The van der Waals surface area contributed by atoms with Crippen LogP contribution in [-0.2, 0) is 0 Å². The van der Waals surface area contributed by atoms with Crippen LogP contribution in [0, 0.1) is 0 Å². The molecule has 34 heavy (non-hydrogen) atoms. The van der Waals surface area contributed by atoms with Crippen molar-refractivity contribution in [3.05, 3.63) is 76.3 Å². The predicted octanol–water partition coefficient (Wildman–Crippen LogP) is 1.90. The summed E-state index contributed by atoms with van der Waals surface area (Å²) in [5, 5.41) is 22.0. The summed E-state index contributed by atoms with van der Waals surface area (Å²) < 4.78 is 0. The lowest BCUT2D eigenvalue weighted by Crippen LogP contribution is -2.44. The lowest BCUT2D eigenvalue weighted by molar-refractivity contribution is 0.312. The van der Waals surface area contributed by atoms with E-state index in [2.05, 4.69) is 44.2 Å². The minimum Gasteiger partial charge on any atom is -0.494 e. The van der Waals surface area contributed by atoms with Crippen molar-refractivity contribution in [3.8, 4) is 5.88 Å². The summed E-state index contributed by atoms with van der Waals surface area (Å²) >= 11 is 0. The average molecular weight is 446 g/mol. The minimum absolute atomic E-state index is 0.112. The van der Waals surface area contributed by atoms with Crippen LogP contribution in [0.1, 0.15) is 11.1 Å². The number of anilines is 1. The molecule has 1 saturated heterocycles. The Kier molecular flexibility index (Phi) is 4.96. The molecule has 0 atom stereocenters. The summed E-state index contributed by atoms with van der Waals surface area (Å²) in [7, 11) is 8.10. The Labute approximate surface area is 198 Å². The number of aromatic nitrogens is 2. The molecule has 0 saturated carbocycles. The van der Waals surface area contributed by atoms with Crippen molar-refractivity contribution in [1.82, 2.24) is 14.9 Å². The van der Waals surface area contributed by atoms with Gasteiger partial charge in [0.25, 0.3) is 0 Å². The van der Waals surface area contributed by atoms with Crippen molar-refractivity contribution >= 4 is 47.5 Å². The van der Waals surface area contributed by atoms with Crippen LogP contribution < -0.4 is 20.8 Å². The maximum absolute atomic E-state index is 10.4. The van der Waals surface area contributed by atoms with Gasteiger partial charge in [0.1, 0.15) is 19.4 Å². The summed E-state index contributed by atoms with van der Waals surface area (Å²) in [6.07, 6.45) is 3.80. The van der Waals surface area contributed by atoms with Crippen LogP contribution in [0.5, 0.6) is 5.88 Å². The zero-order chi connectivity index (χ0) is 23.2. The molecule has 2 N–H and O–H groups in total. The second-order valence-electron chi connectivity index (χ2n) is 8.86. The van der Waals surface area contributed by atoms with Crippen LogP contribution in [0.3, 0.4) is 0 Å². The van der Waals surface area contributed by atoms with Crippen molar-refractivity contribution in [2.24, 2.45) is 10.2 Å². The second-order valence-corrected chi connectivity index (χ2v) is 8.86. The number of nitrogens with zero attached hydrogens (tertiary/aromatic N) is 5. The number of rotatable bonds is 3. The third kappa shape index (κ3) is 3.66. The smallest absolute Gasteiger partial charge is 0.196 e. The molecule has 0 spiro atoms. The lowest BCUT2D eigenvalue weighted by Gasteiger charge is -2.33. The predicted molar refractivity (Wildman–Crippen MR) is 136 cm³/mol. The van der Waals surface area contributed by atoms with Gasteiger partial charge in [0, 0.05) is 59.6 Å². The fourth-order valence-electron chi connectivity index (χ4n) is 4.57. The number of benzene rings is 2. The standard InChI is InChI=1S/C26H23BN6O/c1-32-8-10-33(11-9-32)24-7-3-17(15-28-24)25-19-5-2-16(13-23(19)30-31-25)12-21-20-14-18(27)4-6-22(20)29-26(21)34/h2-7,12-15,29,34H,8-11H2,1H3. The molecule has 2 aromatic heterocycles. The van der Waals surface area contributed by atoms with E-state index in [1.54, 1.807) is 0 Å². The van der Waals surface area contributed by atoms with Gasteiger partial charge in [-0.25, -0.2) is 4.98 Å². The largest absolute Gasteiger partial charge is 0.494 e. The van der Waals surface area contributed by atoms with Crippen LogP contribution in [0.15, 0.2) is 65.0 Å². The summed E-state index contributed by atoms with van der Waals surface area (Å²) in [5.41, 5.74) is 4.75. The minimum atomic E-state index is 0.112. The maximum Gasteiger partial charge on any atom is 0.196 e. The van der Waals surface area contributed by atoms with Gasteiger partial charge < -0.3 is 19.9 Å². The van der Waals surface area contributed by atoms with E-state index >= 15 is 0 Å². The Hall–Kier alpha value is -3.91. The highest BCUT2D eigenvalue weighted by molar-refractivity contribution is 6.33. The Bertz CT molecular complexity index is 1550. The molecule has 2 aliphatic heterocycles. The number of nitrogens with one attached hydrogen (secondary N) is 1. The number of fused-ring (bicyclic) bond motifs is 2. The molecule has 6 rings (SSSR count). The summed E-state index contributed by atoms with van der Waals surface area (Å²) in [6.45, 7) is 4.07. The van der Waals surface area contributed by atoms with Gasteiger partial charge in [0.15, 0.2) is 5.88 Å².